The maximum absolute atomic E-state index is 12.7. The van der Waals surface area contributed by atoms with Crippen LogP contribution in [0.3, 0.4) is 0 Å². The Morgan fingerprint density at radius 1 is 1.15 bits per heavy atom. The summed E-state index contributed by atoms with van der Waals surface area (Å²) < 4.78 is 5.03. The summed E-state index contributed by atoms with van der Waals surface area (Å²) >= 11 is 1.44. The second kappa shape index (κ2) is 9.39. The quantitative estimate of drug-likeness (QED) is 0.798. The predicted molar refractivity (Wildman–Crippen MR) is 106 cm³/mol. The number of nitrogens with zero attached hydrogens (tertiary/aromatic N) is 2. The molecule has 0 atom stereocenters. The summed E-state index contributed by atoms with van der Waals surface area (Å²) in [5.74, 6) is -0.0590. The number of aryl methyl sites for hydroxylation is 1. The van der Waals surface area contributed by atoms with Crippen LogP contribution in [0, 0.1) is 6.92 Å². The fourth-order valence-electron chi connectivity index (χ4n) is 3.76. The van der Waals surface area contributed by atoms with E-state index in [1.807, 2.05) is 6.92 Å². The van der Waals surface area contributed by atoms with Crippen molar-refractivity contribution in [3.63, 3.8) is 0 Å². The van der Waals surface area contributed by atoms with Crippen LogP contribution in [0.15, 0.2) is 0 Å². The standard InChI is InChI=1S/C19H30N4O3S/c1-3-26-19(25)23-11-9-15(10-12-23)21-17(24)16-13(2)20-18(27-16)22-14-7-5-4-6-8-14/h14-15H,3-12H2,1-2H3,(H,20,22)(H,21,24). The van der Waals surface area contributed by atoms with Crippen LogP contribution in [-0.2, 0) is 4.74 Å². The Hall–Kier alpha value is -1.83. The van der Waals surface area contributed by atoms with E-state index in [0.29, 0.717) is 30.6 Å². The summed E-state index contributed by atoms with van der Waals surface area (Å²) in [6.45, 7) is 5.30. The summed E-state index contributed by atoms with van der Waals surface area (Å²) in [7, 11) is 0. The maximum Gasteiger partial charge on any atom is 0.409 e. The lowest BCUT2D eigenvalue weighted by atomic mass is 9.96. The molecule has 3 rings (SSSR count). The fraction of sp³-hybridized carbons (Fsp3) is 0.737. The highest BCUT2D eigenvalue weighted by molar-refractivity contribution is 7.17. The Balaban J connectivity index is 1.50. The molecule has 8 heteroatoms. The number of piperidine rings is 1. The molecule has 7 nitrogen and oxygen atoms in total. The highest BCUT2D eigenvalue weighted by Gasteiger charge is 2.26. The highest BCUT2D eigenvalue weighted by atomic mass is 32.1. The first kappa shape index (κ1) is 19.9. The summed E-state index contributed by atoms with van der Waals surface area (Å²) in [5.41, 5.74) is 0.778. The number of ether oxygens (including phenoxy) is 1. The molecule has 2 heterocycles. The number of amides is 2. The van der Waals surface area contributed by atoms with Gasteiger partial charge in [0.2, 0.25) is 0 Å². The van der Waals surface area contributed by atoms with Gasteiger partial charge >= 0.3 is 6.09 Å². The van der Waals surface area contributed by atoms with Gasteiger partial charge in [-0.15, -0.1) is 0 Å². The van der Waals surface area contributed by atoms with Crippen molar-refractivity contribution in [3.8, 4) is 0 Å². The molecule has 2 amide bonds. The molecule has 2 fully saturated rings. The van der Waals surface area contributed by atoms with Crippen molar-refractivity contribution in [1.29, 1.82) is 0 Å². The van der Waals surface area contributed by atoms with Gasteiger partial charge in [-0.3, -0.25) is 4.79 Å². The number of carbonyl (C=O) groups is 2. The number of likely N-dealkylation sites (tertiary alicyclic amines) is 1. The zero-order valence-corrected chi connectivity index (χ0v) is 17.1. The Bertz CT molecular complexity index is 649. The predicted octanol–water partition coefficient (Wildman–Crippen LogP) is 3.55. The van der Waals surface area contributed by atoms with Crippen molar-refractivity contribution in [1.82, 2.24) is 15.2 Å². The maximum atomic E-state index is 12.7. The molecule has 1 saturated carbocycles. The van der Waals surface area contributed by atoms with Crippen LogP contribution in [0.1, 0.15) is 67.2 Å². The fourth-order valence-corrected chi connectivity index (χ4v) is 4.71. The third-order valence-corrected chi connectivity index (χ3v) is 6.38. The van der Waals surface area contributed by atoms with Crippen LogP contribution in [0.2, 0.25) is 0 Å². The van der Waals surface area contributed by atoms with Crippen molar-refractivity contribution in [2.24, 2.45) is 0 Å². The molecular formula is C19H30N4O3S. The number of thiazole rings is 1. The normalized spacial score (nSPS) is 19.0. The van der Waals surface area contributed by atoms with Crippen molar-refractivity contribution in [2.75, 3.05) is 25.0 Å². The van der Waals surface area contributed by atoms with E-state index < -0.39 is 0 Å². The molecule has 2 aliphatic rings. The lowest BCUT2D eigenvalue weighted by molar-refractivity contribution is 0.0862. The number of carbonyl (C=O) groups excluding carboxylic acids is 2. The Morgan fingerprint density at radius 3 is 2.52 bits per heavy atom. The first-order chi connectivity index (χ1) is 13.1. The lowest BCUT2D eigenvalue weighted by Crippen LogP contribution is -2.46. The summed E-state index contributed by atoms with van der Waals surface area (Å²) in [4.78, 5) is 31.4. The van der Waals surface area contributed by atoms with Crippen LogP contribution >= 0.6 is 11.3 Å². The molecule has 150 valence electrons. The van der Waals surface area contributed by atoms with Crippen LogP contribution in [0.25, 0.3) is 0 Å². The minimum Gasteiger partial charge on any atom is -0.450 e. The van der Waals surface area contributed by atoms with Gasteiger partial charge in [0.15, 0.2) is 5.13 Å². The van der Waals surface area contributed by atoms with Crippen molar-refractivity contribution < 1.29 is 14.3 Å². The molecule has 0 aromatic carbocycles. The van der Waals surface area contributed by atoms with Gasteiger partial charge in [0.1, 0.15) is 4.88 Å². The van der Waals surface area contributed by atoms with E-state index in [0.717, 1.165) is 23.7 Å². The van der Waals surface area contributed by atoms with E-state index in [2.05, 4.69) is 15.6 Å². The van der Waals surface area contributed by atoms with Gasteiger partial charge < -0.3 is 20.3 Å². The van der Waals surface area contributed by atoms with E-state index in [1.165, 1.54) is 43.4 Å². The molecule has 0 spiro atoms. The van der Waals surface area contributed by atoms with Gasteiger partial charge in [0, 0.05) is 25.2 Å². The Labute approximate surface area is 164 Å². The first-order valence-electron chi connectivity index (χ1n) is 10.0. The second-order valence-corrected chi connectivity index (χ2v) is 8.35. The zero-order valence-electron chi connectivity index (χ0n) is 16.3. The SMILES string of the molecule is CCOC(=O)N1CCC(NC(=O)c2sc(NC3CCCCC3)nc2C)CC1. The number of nitrogens with one attached hydrogen (secondary N) is 2. The molecule has 0 bridgehead atoms. The Morgan fingerprint density at radius 2 is 1.85 bits per heavy atom. The molecule has 1 aromatic rings. The third-order valence-electron chi connectivity index (χ3n) is 5.29. The van der Waals surface area contributed by atoms with E-state index in [9.17, 15) is 9.59 Å². The van der Waals surface area contributed by atoms with Gasteiger partial charge in [-0.05, 0) is 39.5 Å². The summed E-state index contributed by atoms with van der Waals surface area (Å²) in [6, 6.07) is 0.562. The monoisotopic (exact) mass is 394 g/mol. The number of anilines is 1. The number of hydrogen-bond acceptors (Lipinski definition) is 6. The molecule has 1 aliphatic carbocycles. The van der Waals surface area contributed by atoms with Crippen molar-refractivity contribution >= 4 is 28.5 Å². The van der Waals surface area contributed by atoms with Gasteiger partial charge in [-0.2, -0.15) is 0 Å². The molecule has 0 unspecified atom stereocenters. The van der Waals surface area contributed by atoms with Crippen molar-refractivity contribution in [2.45, 2.75) is 70.9 Å². The minimum absolute atomic E-state index is 0.0590. The van der Waals surface area contributed by atoms with E-state index in [-0.39, 0.29) is 18.0 Å². The molecule has 2 N–H and O–H groups in total. The first-order valence-corrected chi connectivity index (χ1v) is 10.8. The zero-order chi connectivity index (χ0) is 19.2. The smallest absolute Gasteiger partial charge is 0.409 e. The van der Waals surface area contributed by atoms with E-state index in [1.54, 1.807) is 11.8 Å². The van der Waals surface area contributed by atoms with Gasteiger partial charge in [-0.25, -0.2) is 9.78 Å². The van der Waals surface area contributed by atoms with E-state index in [4.69, 9.17) is 4.74 Å². The molecule has 1 saturated heterocycles. The second-order valence-electron chi connectivity index (χ2n) is 7.35. The summed E-state index contributed by atoms with van der Waals surface area (Å²) in [5, 5.41) is 7.46. The largest absolute Gasteiger partial charge is 0.450 e. The van der Waals surface area contributed by atoms with Crippen LogP contribution in [0.4, 0.5) is 9.93 Å². The number of aromatic nitrogens is 1. The van der Waals surface area contributed by atoms with Gasteiger partial charge in [0.25, 0.3) is 5.91 Å². The Kier molecular flexibility index (Phi) is 6.93. The molecule has 1 aliphatic heterocycles. The van der Waals surface area contributed by atoms with Crippen molar-refractivity contribution in [3.05, 3.63) is 10.6 Å². The summed E-state index contributed by atoms with van der Waals surface area (Å²) in [6.07, 6.45) is 7.43. The molecule has 0 radical (unpaired) electrons. The van der Waals surface area contributed by atoms with Gasteiger partial charge in [0.05, 0.1) is 12.3 Å². The molecular weight excluding hydrogens is 364 g/mol. The average Bonchev–Trinajstić information content (AvgIpc) is 3.03. The molecule has 1 aromatic heterocycles. The highest BCUT2D eigenvalue weighted by Crippen LogP contribution is 2.27. The van der Waals surface area contributed by atoms with Crippen LogP contribution < -0.4 is 10.6 Å². The minimum atomic E-state index is -0.265. The van der Waals surface area contributed by atoms with Crippen LogP contribution in [-0.4, -0.2) is 53.7 Å². The van der Waals surface area contributed by atoms with E-state index >= 15 is 0 Å². The number of rotatable bonds is 5. The molecule has 27 heavy (non-hydrogen) atoms. The third kappa shape index (κ3) is 5.34. The average molecular weight is 395 g/mol. The van der Waals surface area contributed by atoms with Gasteiger partial charge in [-0.1, -0.05) is 30.6 Å². The lowest BCUT2D eigenvalue weighted by Gasteiger charge is -2.31. The topological polar surface area (TPSA) is 83.6 Å². The number of hydrogen-bond donors (Lipinski definition) is 2. The van der Waals surface area contributed by atoms with Crippen LogP contribution in [0.5, 0.6) is 0 Å².